The Hall–Kier alpha value is -1.63. The molecule has 0 N–H and O–H groups in total. The maximum atomic E-state index is 10.3. The first-order valence-electron chi connectivity index (χ1n) is 5.42. The molecule has 1 rings (SSSR count). The summed E-state index contributed by atoms with van der Waals surface area (Å²) in [4.78, 5) is 10.3. The molecule has 0 radical (unpaired) electrons. The van der Waals surface area contributed by atoms with Crippen molar-refractivity contribution in [3.05, 3.63) is 52.1 Å². The lowest BCUT2D eigenvalue weighted by Crippen LogP contribution is -1.88. The van der Waals surface area contributed by atoms with Gasteiger partial charge in [-0.3, -0.25) is 4.79 Å². The zero-order valence-corrected chi connectivity index (χ0v) is 10.4. The van der Waals surface area contributed by atoms with Crippen molar-refractivity contribution in [2.24, 2.45) is 0 Å². The number of aldehydes is 1. The highest BCUT2D eigenvalue weighted by molar-refractivity contribution is 5.69. The molecule has 84 valence electrons. The molecule has 0 amide bonds. The molecule has 1 aromatic carbocycles. The third kappa shape index (κ3) is 3.20. The van der Waals surface area contributed by atoms with Crippen molar-refractivity contribution >= 4 is 12.4 Å². The van der Waals surface area contributed by atoms with Crippen LogP contribution in [0.3, 0.4) is 0 Å². The smallest absolute Gasteiger partial charge is 0.143 e. The summed E-state index contributed by atoms with van der Waals surface area (Å²) in [6.45, 7) is 8.24. The molecule has 1 nitrogen and oxygen atoms in total. The highest BCUT2D eigenvalue weighted by Crippen LogP contribution is 2.18. The molecule has 0 aliphatic heterocycles. The molecule has 0 fully saturated rings. The van der Waals surface area contributed by atoms with Gasteiger partial charge in [-0.05, 0) is 56.0 Å². The molecule has 0 unspecified atom stereocenters. The number of aryl methyl sites for hydroxylation is 3. The quantitative estimate of drug-likeness (QED) is 0.425. The van der Waals surface area contributed by atoms with Crippen molar-refractivity contribution in [3.8, 4) is 0 Å². The largest absolute Gasteiger partial charge is 0.299 e. The van der Waals surface area contributed by atoms with Gasteiger partial charge in [0.2, 0.25) is 0 Å². The molecule has 0 saturated carbocycles. The van der Waals surface area contributed by atoms with Gasteiger partial charge in [0.05, 0.1) is 0 Å². The highest BCUT2D eigenvalue weighted by atomic mass is 16.1. The van der Waals surface area contributed by atoms with Crippen LogP contribution in [0.2, 0.25) is 0 Å². The number of carbonyl (C=O) groups excluding carboxylic acids is 1. The standard InChI is InChI=1S/C15H18O/c1-11(7-8-16)5-6-15-13(3)9-12(2)10-14(15)4/h5-10H,1-4H3/b6-5+,11-7-. The third-order valence-electron chi connectivity index (χ3n) is 2.58. The SMILES string of the molecule is CC(=C/C=O)/C=C/c1c(C)cc(C)cc1C. The first kappa shape index (κ1) is 12.4. The van der Waals surface area contributed by atoms with E-state index in [0.29, 0.717) is 0 Å². The number of rotatable bonds is 3. The fraction of sp³-hybridized carbons (Fsp3) is 0.267. The van der Waals surface area contributed by atoms with Gasteiger partial charge in [-0.25, -0.2) is 0 Å². The van der Waals surface area contributed by atoms with Crippen molar-refractivity contribution in [1.29, 1.82) is 0 Å². The van der Waals surface area contributed by atoms with Crippen LogP contribution in [0.1, 0.15) is 29.2 Å². The van der Waals surface area contributed by atoms with Gasteiger partial charge in [-0.15, -0.1) is 0 Å². The fourth-order valence-corrected chi connectivity index (χ4v) is 1.83. The Bertz CT molecular complexity index is 427. The molecule has 1 heteroatoms. The molecular formula is C15H18O. The maximum Gasteiger partial charge on any atom is 0.143 e. The van der Waals surface area contributed by atoms with E-state index in [-0.39, 0.29) is 0 Å². The lowest BCUT2D eigenvalue weighted by molar-refractivity contribution is -0.104. The average Bonchev–Trinajstić information content (AvgIpc) is 2.16. The van der Waals surface area contributed by atoms with Gasteiger partial charge < -0.3 is 0 Å². The summed E-state index contributed by atoms with van der Waals surface area (Å²) in [7, 11) is 0. The second-order valence-corrected chi connectivity index (χ2v) is 4.19. The number of carbonyl (C=O) groups is 1. The minimum Gasteiger partial charge on any atom is -0.299 e. The topological polar surface area (TPSA) is 17.1 Å². The van der Waals surface area contributed by atoms with Crippen molar-refractivity contribution in [2.45, 2.75) is 27.7 Å². The van der Waals surface area contributed by atoms with E-state index in [4.69, 9.17) is 0 Å². The van der Waals surface area contributed by atoms with E-state index < -0.39 is 0 Å². The molecule has 0 aromatic heterocycles. The predicted octanol–water partition coefficient (Wildman–Crippen LogP) is 3.77. The Morgan fingerprint density at radius 3 is 2.19 bits per heavy atom. The lowest BCUT2D eigenvalue weighted by atomic mass is 9.99. The Labute approximate surface area is 97.5 Å². The van der Waals surface area contributed by atoms with E-state index in [1.165, 1.54) is 22.3 Å². The summed E-state index contributed by atoms with van der Waals surface area (Å²) < 4.78 is 0. The fourth-order valence-electron chi connectivity index (χ4n) is 1.83. The number of benzene rings is 1. The first-order valence-corrected chi connectivity index (χ1v) is 5.42. The van der Waals surface area contributed by atoms with Crippen LogP contribution >= 0.6 is 0 Å². The van der Waals surface area contributed by atoms with E-state index in [2.05, 4.69) is 39.0 Å². The van der Waals surface area contributed by atoms with Crippen molar-refractivity contribution in [2.75, 3.05) is 0 Å². The van der Waals surface area contributed by atoms with E-state index in [9.17, 15) is 4.79 Å². The van der Waals surface area contributed by atoms with E-state index in [1.807, 2.05) is 13.0 Å². The van der Waals surface area contributed by atoms with Crippen LogP contribution in [0, 0.1) is 20.8 Å². The van der Waals surface area contributed by atoms with Gasteiger partial charge >= 0.3 is 0 Å². The predicted molar refractivity (Wildman–Crippen MR) is 69.5 cm³/mol. The summed E-state index contributed by atoms with van der Waals surface area (Å²) in [5.41, 5.74) is 6.03. The van der Waals surface area contributed by atoms with Gasteiger partial charge in [0, 0.05) is 0 Å². The monoisotopic (exact) mass is 214 g/mol. The molecule has 0 saturated heterocycles. The Balaban J connectivity index is 3.06. The van der Waals surface area contributed by atoms with Crippen LogP contribution in [-0.4, -0.2) is 6.29 Å². The number of hydrogen-bond donors (Lipinski definition) is 0. The van der Waals surface area contributed by atoms with E-state index in [1.54, 1.807) is 6.08 Å². The minimum absolute atomic E-state index is 0.814. The highest BCUT2D eigenvalue weighted by Gasteiger charge is 1.99. The molecule has 0 bridgehead atoms. The second kappa shape index (κ2) is 5.45. The summed E-state index contributed by atoms with van der Waals surface area (Å²) in [5, 5.41) is 0. The van der Waals surface area contributed by atoms with Crippen LogP contribution in [-0.2, 0) is 4.79 Å². The van der Waals surface area contributed by atoms with Crippen molar-refractivity contribution in [1.82, 2.24) is 0 Å². The van der Waals surface area contributed by atoms with Crippen LogP contribution in [0.25, 0.3) is 6.08 Å². The first-order chi connectivity index (χ1) is 7.54. The van der Waals surface area contributed by atoms with Crippen molar-refractivity contribution < 1.29 is 4.79 Å². The van der Waals surface area contributed by atoms with Crippen molar-refractivity contribution in [3.63, 3.8) is 0 Å². The molecule has 0 aliphatic rings. The summed E-state index contributed by atoms with van der Waals surface area (Å²) in [6.07, 6.45) is 6.42. The van der Waals surface area contributed by atoms with E-state index >= 15 is 0 Å². The average molecular weight is 214 g/mol. The van der Waals surface area contributed by atoms with Gasteiger partial charge in [0.25, 0.3) is 0 Å². The van der Waals surface area contributed by atoms with E-state index in [0.717, 1.165) is 11.9 Å². The summed E-state index contributed by atoms with van der Waals surface area (Å²) in [6, 6.07) is 4.34. The zero-order valence-electron chi connectivity index (χ0n) is 10.4. The Morgan fingerprint density at radius 1 is 1.12 bits per heavy atom. The van der Waals surface area contributed by atoms with Crippen LogP contribution in [0.15, 0.2) is 29.9 Å². The molecule has 16 heavy (non-hydrogen) atoms. The molecular weight excluding hydrogens is 196 g/mol. The molecule has 0 heterocycles. The van der Waals surface area contributed by atoms with Gasteiger partial charge in [0.1, 0.15) is 6.29 Å². The Morgan fingerprint density at radius 2 is 1.69 bits per heavy atom. The third-order valence-corrected chi connectivity index (χ3v) is 2.58. The van der Waals surface area contributed by atoms with Gasteiger partial charge in [-0.2, -0.15) is 0 Å². The Kier molecular flexibility index (Phi) is 4.24. The molecule has 1 aromatic rings. The zero-order chi connectivity index (χ0) is 12.1. The maximum absolute atomic E-state index is 10.3. The summed E-state index contributed by atoms with van der Waals surface area (Å²) >= 11 is 0. The van der Waals surface area contributed by atoms with Crippen LogP contribution in [0.5, 0.6) is 0 Å². The minimum atomic E-state index is 0.814. The molecule has 0 aliphatic carbocycles. The normalized spacial score (nSPS) is 12.1. The van der Waals surface area contributed by atoms with Gasteiger partial charge in [0.15, 0.2) is 0 Å². The van der Waals surface area contributed by atoms with Gasteiger partial charge in [-0.1, -0.05) is 29.8 Å². The van der Waals surface area contributed by atoms with Crippen LogP contribution < -0.4 is 0 Å². The number of allylic oxidation sites excluding steroid dienone is 3. The molecule has 0 spiro atoms. The van der Waals surface area contributed by atoms with Crippen LogP contribution in [0.4, 0.5) is 0 Å². The second-order valence-electron chi connectivity index (χ2n) is 4.19. The summed E-state index contributed by atoms with van der Waals surface area (Å²) in [5.74, 6) is 0. The molecule has 0 atom stereocenters. The number of hydrogen-bond acceptors (Lipinski definition) is 1. The lowest BCUT2D eigenvalue weighted by Gasteiger charge is -2.06.